The first kappa shape index (κ1) is 8.72. The largest absolute Gasteiger partial charge is 0.361 e. The molecule has 1 aliphatic rings. The average Bonchev–Trinajstić information content (AvgIpc) is 2.69. The molecule has 0 spiro atoms. The third kappa shape index (κ3) is 1.80. The van der Waals surface area contributed by atoms with E-state index in [9.17, 15) is 4.79 Å². The first-order chi connectivity index (χ1) is 5.10. The molecule has 1 aliphatic heterocycles. The second-order valence-electron chi connectivity index (χ2n) is 3.56. The highest BCUT2D eigenvalue weighted by atomic mass is 16.6. The van der Waals surface area contributed by atoms with Crippen LogP contribution in [0.1, 0.15) is 33.6 Å². The number of Topliss-reactive ketones (excluding diaryl/α,β-unsaturated/α-hetero) is 1. The number of carbonyl (C=O) groups is 1. The average molecular weight is 156 g/mol. The third-order valence-electron chi connectivity index (χ3n) is 2.51. The molecule has 2 unspecified atom stereocenters. The van der Waals surface area contributed by atoms with E-state index in [1.54, 1.807) is 6.92 Å². The second-order valence-corrected chi connectivity index (χ2v) is 3.56. The summed E-state index contributed by atoms with van der Waals surface area (Å²) in [7, 11) is 0. The zero-order valence-electron chi connectivity index (χ0n) is 7.52. The minimum Gasteiger partial charge on any atom is -0.361 e. The van der Waals surface area contributed by atoms with Crippen LogP contribution in [0, 0.1) is 5.92 Å². The summed E-state index contributed by atoms with van der Waals surface area (Å²) in [5, 5.41) is 0. The van der Waals surface area contributed by atoms with E-state index < -0.39 is 0 Å². The molecular weight excluding hydrogens is 140 g/mol. The minimum absolute atomic E-state index is 0.192. The van der Waals surface area contributed by atoms with Gasteiger partial charge in [-0.1, -0.05) is 20.3 Å². The van der Waals surface area contributed by atoms with Crippen LogP contribution in [0.15, 0.2) is 0 Å². The molecular formula is C9H16O2. The Bertz CT molecular complexity index is 159. The molecule has 0 aliphatic carbocycles. The van der Waals surface area contributed by atoms with Gasteiger partial charge in [0.05, 0.1) is 6.61 Å². The van der Waals surface area contributed by atoms with E-state index >= 15 is 0 Å². The van der Waals surface area contributed by atoms with Gasteiger partial charge < -0.3 is 4.74 Å². The van der Waals surface area contributed by atoms with Crippen LogP contribution < -0.4 is 0 Å². The molecule has 0 saturated carbocycles. The van der Waals surface area contributed by atoms with Gasteiger partial charge in [-0.2, -0.15) is 0 Å². The molecule has 0 amide bonds. The van der Waals surface area contributed by atoms with Gasteiger partial charge in [0.15, 0.2) is 5.78 Å². The van der Waals surface area contributed by atoms with Crippen molar-refractivity contribution in [1.82, 2.24) is 0 Å². The molecule has 0 aromatic heterocycles. The Hall–Kier alpha value is -0.370. The highest BCUT2D eigenvalue weighted by Crippen LogP contribution is 2.35. The van der Waals surface area contributed by atoms with Crippen LogP contribution in [0.3, 0.4) is 0 Å². The molecule has 0 radical (unpaired) electrons. The van der Waals surface area contributed by atoms with Gasteiger partial charge in [0.1, 0.15) is 5.60 Å². The maximum absolute atomic E-state index is 11.1. The SMILES string of the molecule is CCC(C)CC1(C(C)=O)CO1. The van der Waals surface area contributed by atoms with Crippen LogP contribution >= 0.6 is 0 Å². The van der Waals surface area contributed by atoms with E-state index in [2.05, 4.69) is 13.8 Å². The molecule has 1 saturated heterocycles. The molecule has 1 heterocycles. The number of ketones is 1. The molecule has 11 heavy (non-hydrogen) atoms. The van der Waals surface area contributed by atoms with E-state index in [1.165, 1.54) is 0 Å². The molecule has 2 heteroatoms. The second kappa shape index (κ2) is 2.94. The maximum atomic E-state index is 11.1. The predicted octanol–water partition coefficient (Wildman–Crippen LogP) is 1.78. The Morgan fingerprint density at radius 1 is 1.73 bits per heavy atom. The van der Waals surface area contributed by atoms with Crippen LogP contribution in [0.25, 0.3) is 0 Å². The highest BCUT2D eigenvalue weighted by molar-refractivity contribution is 5.87. The highest BCUT2D eigenvalue weighted by Gasteiger charge is 2.49. The van der Waals surface area contributed by atoms with Gasteiger partial charge in [-0.05, 0) is 19.3 Å². The van der Waals surface area contributed by atoms with Gasteiger partial charge in [0, 0.05) is 0 Å². The van der Waals surface area contributed by atoms with E-state index in [0.29, 0.717) is 12.5 Å². The molecule has 2 nitrogen and oxygen atoms in total. The summed E-state index contributed by atoms with van der Waals surface area (Å²) in [6.45, 7) is 6.56. The normalized spacial score (nSPS) is 31.5. The van der Waals surface area contributed by atoms with Crippen molar-refractivity contribution in [2.45, 2.75) is 39.2 Å². The van der Waals surface area contributed by atoms with Gasteiger partial charge in [-0.3, -0.25) is 4.79 Å². The van der Waals surface area contributed by atoms with Crippen molar-refractivity contribution in [3.8, 4) is 0 Å². The lowest BCUT2D eigenvalue weighted by atomic mass is 9.92. The Labute approximate surface area is 67.9 Å². The first-order valence-electron chi connectivity index (χ1n) is 4.25. The van der Waals surface area contributed by atoms with Crippen LogP contribution in [-0.2, 0) is 9.53 Å². The van der Waals surface area contributed by atoms with Crippen molar-refractivity contribution < 1.29 is 9.53 Å². The maximum Gasteiger partial charge on any atom is 0.163 e. The Morgan fingerprint density at radius 2 is 2.27 bits per heavy atom. The number of carbonyl (C=O) groups excluding carboxylic acids is 1. The van der Waals surface area contributed by atoms with Gasteiger partial charge >= 0.3 is 0 Å². The van der Waals surface area contributed by atoms with Gasteiger partial charge in [-0.15, -0.1) is 0 Å². The van der Waals surface area contributed by atoms with Crippen molar-refractivity contribution >= 4 is 5.78 Å². The fraction of sp³-hybridized carbons (Fsp3) is 0.889. The lowest BCUT2D eigenvalue weighted by molar-refractivity contribution is -0.122. The molecule has 1 rings (SSSR count). The minimum atomic E-state index is -0.366. The quantitative estimate of drug-likeness (QED) is 0.581. The summed E-state index contributed by atoms with van der Waals surface area (Å²) in [6.07, 6.45) is 2.03. The van der Waals surface area contributed by atoms with E-state index in [0.717, 1.165) is 12.8 Å². The van der Waals surface area contributed by atoms with Crippen LogP contribution in [0.5, 0.6) is 0 Å². The monoisotopic (exact) mass is 156 g/mol. The standard InChI is InChI=1S/C9H16O2/c1-4-7(2)5-9(6-11-9)8(3)10/h7H,4-6H2,1-3H3. The topological polar surface area (TPSA) is 29.6 Å². The van der Waals surface area contributed by atoms with Gasteiger partial charge in [-0.25, -0.2) is 0 Å². The van der Waals surface area contributed by atoms with Crippen LogP contribution in [0.2, 0.25) is 0 Å². The zero-order chi connectivity index (χ0) is 8.48. The van der Waals surface area contributed by atoms with Crippen molar-refractivity contribution in [1.29, 1.82) is 0 Å². The molecule has 64 valence electrons. The smallest absolute Gasteiger partial charge is 0.163 e. The van der Waals surface area contributed by atoms with Gasteiger partial charge in [0.25, 0.3) is 0 Å². The van der Waals surface area contributed by atoms with Crippen molar-refractivity contribution in [3.63, 3.8) is 0 Å². The lowest BCUT2D eigenvalue weighted by Crippen LogP contribution is -2.24. The van der Waals surface area contributed by atoms with Crippen molar-refractivity contribution in [2.75, 3.05) is 6.61 Å². The molecule has 2 atom stereocenters. The summed E-state index contributed by atoms with van der Waals surface area (Å²) in [5.41, 5.74) is -0.366. The lowest BCUT2D eigenvalue weighted by Gasteiger charge is -2.12. The van der Waals surface area contributed by atoms with Crippen molar-refractivity contribution in [3.05, 3.63) is 0 Å². The summed E-state index contributed by atoms with van der Waals surface area (Å²) < 4.78 is 5.18. The molecule has 0 aromatic carbocycles. The predicted molar refractivity (Wildman–Crippen MR) is 43.4 cm³/mol. The Morgan fingerprint density at radius 3 is 2.55 bits per heavy atom. The number of hydrogen-bond acceptors (Lipinski definition) is 2. The summed E-state index contributed by atoms with van der Waals surface area (Å²) in [6, 6.07) is 0. The van der Waals surface area contributed by atoms with Crippen LogP contribution in [0.4, 0.5) is 0 Å². The van der Waals surface area contributed by atoms with E-state index in [4.69, 9.17) is 4.74 Å². The number of epoxide rings is 1. The number of rotatable bonds is 4. The number of hydrogen-bond donors (Lipinski definition) is 0. The molecule has 0 bridgehead atoms. The first-order valence-corrected chi connectivity index (χ1v) is 4.25. The van der Waals surface area contributed by atoms with Crippen LogP contribution in [-0.4, -0.2) is 18.0 Å². The molecule has 0 aromatic rings. The fourth-order valence-electron chi connectivity index (χ4n) is 1.26. The summed E-state index contributed by atoms with van der Waals surface area (Å²) >= 11 is 0. The summed E-state index contributed by atoms with van der Waals surface area (Å²) in [5.74, 6) is 0.791. The number of ether oxygens (including phenoxy) is 1. The van der Waals surface area contributed by atoms with E-state index in [-0.39, 0.29) is 11.4 Å². The fourth-order valence-corrected chi connectivity index (χ4v) is 1.26. The summed E-state index contributed by atoms with van der Waals surface area (Å²) in [4.78, 5) is 11.1. The molecule has 1 fully saturated rings. The van der Waals surface area contributed by atoms with E-state index in [1.807, 2.05) is 0 Å². The third-order valence-corrected chi connectivity index (χ3v) is 2.51. The Balaban J connectivity index is 2.41. The molecule has 0 N–H and O–H groups in total. The Kier molecular flexibility index (Phi) is 2.33. The zero-order valence-corrected chi connectivity index (χ0v) is 7.52. The van der Waals surface area contributed by atoms with Crippen molar-refractivity contribution in [2.24, 2.45) is 5.92 Å². The van der Waals surface area contributed by atoms with Gasteiger partial charge in [0.2, 0.25) is 0 Å².